The van der Waals surface area contributed by atoms with E-state index >= 15 is 0 Å². The van der Waals surface area contributed by atoms with E-state index in [0.29, 0.717) is 37.9 Å². The van der Waals surface area contributed by atoms with E-state index in [1.165, 1.54) is 0 Å². The van der Waals surface area contributed by atoms with Crippen LogP contribution in [0.3, 0.4) is 0 Å². The summed E-state index contributed by atoms with van der Waals surface area (Å²) in [6, 6.07) is 15.2. The number of carbonyl (C=O) groups is 1. The number of nitrogens with two attached hydrogens (primary N) is 1. The number of benzene rings is 2. The van der Waals surface area contributed by atoms with Crippen LogP contribution >= 0.6 is 12.4 Å². The topological polar surface area (TPSA) is 74.0 Å². The molecule has 3 rings (SSSR count). The molecule has 1 amide bonds. The second kappa shape index (κ2) is 11.8. The number of carbonyl (C=O) groups excluding carboxylic acids is 1. The standard InChI is InChI=1S/C23H30N2O4.ClH/c1-25(23(26)22(24)19-10-12-28-13-11-19)15-18-8-9-20(21(14-18)27-2)29-16-17-6-4-3-5-7-17;/h3-9,14,19,22H,10-13,15-16,24H2,1-2H3;1H. The van der Waals surface area contributed by atoms with Gasteiger partial charge in [0.15, 0.2) is 11.5 Å². The first-order valence-electron chi connectivity index (χ1n) is 10.0. The number of amides is 1. The lowest BCUT2D eigenvalue weighted by Crippen LogP contribution is -2.47. The van der Waals surface area contributed by atoms with Crippen molar-refractivity contribution in [2.75, 3.05) is 27.4 Å². The molecular weight excluding hydrogens is 404 g/mol. The van der Waals surface area contributed by atoms with Crippen LogP contribution in [-0.2, 0) is 22.7 Å². The molecule has 1 saturated heterocycles. The molecule has 0 aromatic heterocycles. The molecule has 164 valence electrons. The third-order valence-corrected chi connectivity index (χ3v) is 5.32. The van der Waals surface area contributed by atoms with Crippen molar-refractivity contribution < 1.29 is 19.0 Å². The Morgan fingerprint density at radius 2 is 1.83 bits per heavy atom. The first-order valence-corrected chi connectivity index (χ1v) is 10.0. The molecule has 0 bridgehead atoms. The van der Waals surface area contributed by atoms with E-state index in [2.05, 4.69) is 0 Å². The molecule has 2 aromatic carbocycles. The van der Waals surface area contributed by atoms with Crippen LogP contribution in [-0.4, -0.2) is 44.2 Å². The molecule has 1 fully saturated rings. The zero-order chi connectivity index (χ0) is 20.6. The van der Waals surface area contributed by atoms with Crippen LogP contribution in [0.15, 0.2) is 48.5 Å². The molecule has 0 aliphatic carbocycles. The number of ether oxygens (including phenoxy) is 3. The van der Waals surface area contributed by atoms with Gasteiger partial charge in [0, 0.05) is 26.8 Å². The molecule has 0 saturated carbocycles. The molecule has 1 aliphatic heterocycles. The monoisotopic (exact) mass is 434 g/mol. The van der Waals surface area contributed by atoms with Gasteiger partial charge in [-0.2, -0.15) is 0 Å². The molecule has 1 unspecified atom stereocenters. The third kappa shape index (κ3) is 6.36. The smallest absolute Gasteiger partial charge is 0.239 e. The molecule has 1 atom stereocenters. The molecule has 1 heterocycles. The summed E-state index contributed by atoms with van der Waals surface area (Å²) in [5.41, 5.74) is 8.28. The van der Waals surface area contributed by atoms with E-state index in [1.807, 2.05) is 48.5 Å². The maximum atomic E-state index is 12.7. The lowest BCUT2D eigenvalue weighted by Gasteiger charge is -2.30. The largest absolute Gasteiger partial charge is 0.493 e. The number of rotatable bonds is 8. The Bertz CT molecular complexity index is 797. The van der Waals surface area contributed by atoms with Gasteiger partial charge >= 0.3 is 0 Å². The number of likely N-dealkylation sites (N-methyl/N-ethyl adjacent to an activating group) is 1. The summed E-state index contributed by atoms with van der Waals surface area (Å²) >= 11 is 0. The quantitative estimate of drug-likeness (QED) is 0.689. The van der Waals surface area contributed by atoms with E-state index in [0.717, 1.165) is 24.0 Å². The molecule has 2 N–H and O–H groups in total. The van der Waals surface area contributed by atoms with Gasteiger partial charge in [-0.3, -0.25) is 4.79 Å². The Labute approximate surface area is 184 Å². The first kappa shape index (κ1) is 24.0. The number of hydrogen-bond acceptors (Lipinski definition) is 5. The first-order chi connectivity index (χ1) is 14.1. The number of methoxy groups -OCH3 is 1. The van der Waals surface area contributed by atoms with Crippen LogP contribution in [0.5, 0.6) is 11.5 Å². The summed E-state index contributed by atoms with van der Waals surface area (Å²) in [4.78, 5) is 14.4. The number of hydrogen-bond donors (Lipinski definition) is 1. The van der Waals surface area contributed by atoms with E-state index < -0.39 is 6.04 Å². The predicted octanol–water partition coefficient (Wildman–Crippen LogP) is 3.41. The molecule has 7 heteroatoms. The second-order valence-electron chi connectivity index (χ2n) is 7.43. The Morgan fingerprint density at radius 1 is 1.13 bits per heavy atom. The van der Waals surface area contributed by atoms with Crippen LogP contribution in [0.1, 0.15) is 24.0 Å². The van der Waals surface area contributed by atoms with Crippen LogP contribution < -0.4 is 15.2 Å². The Hall–Kier alpha value is -2.28. The van der Waals surface area contributed by atoms with Gasteiger partial charge in [0.25, 0.3) is 0 Å². The zero-order valence-electron chi connectivity index (χ0n) is 17.6. The van der Waals surface area contributed by atoms with Crippen molar-refractivity contribution in [3.05, 3.63) is 59.7 Å². The van der Waals surface area contributed by atoms with Crippen LogP contribution in [0, 0.1) is 5.92 Å². The highest BCUT2D eigenvalue weighted by Crippen LogP contribution is 2.29. The van der Waals surface area contributed by atoms with Crippen LogP contribution in [0.4, 0.5) is 0 Å². The number of halogens is 1. The minimum absolute atomic E-state index is 0. The van der Waals surface area contributed by atoms with E-state index in [9.17, 15) is 4.79 Å². The van der Waals surface area contributed by atoms with Gasteiger partial charge in [0.05, 0.1) is 13.2 Å². The second-order valence-corrected chi connectivity index (χ2v) is 7.43. The van der Waals surface area contributed by atoms with Crippen molar-refractivity contribution in [2.24, 2.45) is 11.7 Å². The summed E-state index contributed by atoms with van der Waals surface area (Å²) in [5.74, 6) is 1.46. The zero-order valence-corrected chi connectivity index (χ0v) is 18.4. The van der Waals surface area contributed by atoms with Crippen molar-refractivity contribution in [3.63, 3.8) is 0 Å². The third-order valence-electron chi connectivity index (χ3n) is 5.32. The minimum atomic E-state index is -0.487. The maximum absolute atomic E-state index is 12.7. The van der Waals surface area contributed by atoms with Crippen molar-refractivity contribution >= 4 is 18.3 Å². The summed E-state index contributed by atoms with van der Waals surface area (Å²) in [7, 11) is 3.40. The summed E-state index contributed by atoms with van der Waals surface area (Å²) in [6.45, 7) is 2.29. The van der Waals surface area contributed by atoms with Crippen LogP contribution in [0.2, 0.25) is 0 Å². The van der Waals surface area contributed by atoms with Crippen molar-refractivity contribution in [1.82, 2.24) is 4.90 Å². The molecule has 0 spiro atoms. The average Bonchev–Trinajstić information content (AvgIpc) is 2.78. The SMILES string of the molecule is COc1cc(CN(C)C(=O)C(N)C2CCOCC2)ccc1OCc1ccccc1.Cl. The lowest BCUT2D eigenvalue weighted by molar-refractivity contribution is -0.133. The molecule has 0 radical (unpaired) electrons. The Kier molecular flexibility index (Phi) is 9.43. The van der Waals surface area contributed by atoms with Gasteiger partial charge in [-0.15, -0.1) is 12.4 Å². The molecule has 30 heavy (non-hydrogen) atoms. The van der Waals surface area contributed by atoms with Crippen molar-refractivity contribution in [2.45, 2.75) is 32.0 Å². The summed E-state index contributed by atoms with van der Waals surface area (Å²) < 4.78 is 16.8. The summed E-state index contributed by atoms with van der Waals surface area (Å²) in [6.07, 6.45) is 1.67. The van der Waals surface area contributed by atoms with Gasteiger partial charge in [-0.1, -0.05) is 36.4 Å². The highest BCUT2D eigenvalue weighted by atomic mass is 35.5. The van der Waals surface area contributed by atoms with Crippen molar-refractivity contribution in [3.8, 4) is 11.5 Å². The van der Waals surface area contributed by atoms with Gasteiger partial charge < -0.3 is 24.8 Å². The minimum Gasteiger partial charge on any atom is -0.493 e. The van der Waals surface area contributed by atoms with E-state index in [4.69, 9.17) is 19.9 Å². The van der Waals surface area contributed by atoms with Gasteiger partial charge in [-0.25, -0.2) is 0 Å². The molecular formula is C23H31ClN2O4. The molecule has 2 aromatic rings. The highest BCUT2D eigenvalue weighted by molar-refractivity contribution is 5.85. The van der Waals surface area contributed by atoms with E-state index in [1.54, 1.807) is 19.1 Å². The van der Waals surface area contributed by atoms with Gasteiger partial charge in [0.2, 0.25) is 5.91 Å². The fraction of sp³-hybridized carbons (Fsp3) is 0.435. The van der Waals surface area contributed by atoms with E-state index in [-0.39, 0.29) is 24.2 Å². The van der Waals surface area contributed by atoms with Crippen LogP contribution in [0.25, 0.3) is 0 Å². The fourth-order valence-electron chi connectivity index (χ4n) is 3.55. The maximum Gasteiger partial charge on any atom is 0.239 e. The summed E-state index contributed by atoms with van der Waals surface area (Å²) in [5, 5.41) is 0. The Balaban J connectivity index is 0.00000320. The Morgan fingerprint density at radius 3 is 2.50 bits per heavy atom. The molecule has 1 aliphatic rings. The van der Waals surface area contributed by atoms with Gasteiger partial charge in [0.1, 0.15) is 6.61 Å². The number of nitrogens with zero attached hydrogens (tertiary/aromatic N) is 1. The van der Waals surface area contributed by atoms with Crippen molar-refractivity contribution in [1.29, 1.82) is 0 Å². The molecule has 6 nitrogen and oxygen atoms in total. The average molecular weight is 435 g/mol. The predicted molar refractivity (Wildman–Crippen MR) is 119 cm³/mol. The van der Waals surface area contributed by atoms with Gasteiger partial charge in [-0.05, 0) is 42.0 Å². The lowest BCUT2D eigenvalue weighted by atomic mass is 9.91. The fourth-order valence-corrected chi connectivity index (χ4v) is 3.55. The normalized spacial score (nSPS) is 15.0. The highest BCUT2D eigenvalue weighted by Gasteiger charge is 2.28.